The van der Waals surface area contributed by atoms with Gasteiger partial charge in [-0.15, -0.1) is 11.3 Å². The SMILES string of the molecule is Cn1c2ccccc2c2cc(-c3nc(-c4cccc(-c5ccccc5)c4)cc(-c4ccc5oc6ccc7sc8ccccc8c7c6c5c4)n3)ccc21. The second-order valence-corrected chi connectivity index (χ2v) is 14.5. The molecule has 11 rings (SSSR count). The van der Waals surface area contributed by atoms with Crippen LogP contribution < -0.4 is 0 Å². The first-order valence-corrected chi connectivity index (χ1v) is 18.3. The van der Waals surface area contributed by atoms with E-state index in [-0.39, 0.29) is 0 Å². The highest BCUT2D eigenvalue weighted by Crippen LogP contribution is 2.43. The van der Waals surface area contributed by atoms with Crippen molar-refractivity contribution in [3.63, 3.8) is 0 Å². The van der Waals surface area contributed by atoms with Gasteiger partial charge in [0.05, 0.1) is 11.4 Å². The normalized spacial score (nSPS) is 11.9. The van der Waals surface area contributed by atoms with Crippen LogP contribution in [0.15, 0.2) is 162 Å². The molecule has 0 N–H and O–H groups in total. The number of hydrogen-bond acceptors (Lipinski definition) is 4. The van der Waals surface area contributed by atoms with Crippen molar-refractivity contribution < 1.29 is 4.42 Å². The van der Waals surface area contributed by atoms with Crippen LogP contribution in [0, 0.1) is 0 Å². The van der Waals surface area contributed by atoms with Crippen LogP contribution in [-0.2, 0) is 7.05 Å². The highest BCUT2D eigenvalue weighted by Gasteiger charge is 2.18. The summed E-state index contributed by atoms with van der Waals surface area (Å²) in [5.74, 6) is 0.691. The summed E-state index contributed by atoms with van der Waals surface area (Å²) < 4.78 is 11.3. The lowest BCUT2D eigenvalue weighted by Crippen LogP contribution is -1.96. The summed E-state index contributed by atoms with van der Waals surface area (Å²) in [6.45, 7) is 0. The van der Waals surface area contributed by atoms with Crippen molar-refractivity contribution >= 4 is 75.3 Å². The summed E-state index contributed by atoms with van der Waals surface area (Å²) in [4.78, 5) is 10.6. The van der Waals surface area contributed by atoms with Crippen molar-refractivity contribution in [1.29, 1.82) is 0 Å². The highest BCUT2D eigenvalue weighted by molar-refractivity contribution is 7.26. The zero-order valence-corrected chi connectivity index (χ0v) is 29.0. The zero-order chi connectivity index (χ0) is 34.3. The fraction of sp³-hybridized carbons (Fsp3) is 0.0213. The van der Waals surface area contributed by atoms with E-state index in [1.807, 2.05) is 11.3 Å². The van der Waals surface area contributed by atoms with Crippen molar-refractivity contribution in [3.05, 3.63) is 158 Å². The highest BCUT2D eigenvalue weighted by atomic mass is 32.1. The first-order chi connectivity index (χ1) is 25.7. The number of aromatic nitrogens is 3. The number of para-hydroxylation sites is 1. The molecule has 0 atom stereocenters. The fourth-order valence-electron chi connectivity index (χ4n) is 7.91. The van der Waals surface area contributed by atoms with Crippen LogP contribution in [-0.4, -0.2) is 14.5 Å². The predicted octanol–water partition coefficient (Wildman–Crippen LogP) is 13.1. The minimum atomic E-state index is 0.691. The Morgan fingerprint density at radius 2 is 1.12 bits per heavy atom. The molecule has 0 aliphatic rings. The van der Waals surface area contributed by atoms with Gasteiger partial charge in [0.15, 0.2) is 5.82 Å². The van der Waals surface area contributed by atoms with Gasteiger partial charge in [0.1, 0.15) is 11.2 Å². The van der Waals surface area contributed by atoms with Gasteiger partial charge in [0.25, 0.3) is 0 Å². The average molecular weight is 684 g/mol. The lowest BCUT2D eigenvalue weighted by molar-refractivity contribution is 0.669. The second-order valence-electron chi connectivity index (χ2n) is 13.4. The Balaban J connectivity index is 1.15. The smallest absolute Gasteiger partial charge is 0.160 e. The van der Waals surface area contributed by atoms with Gasteiger partial charge in [0.2, 0.25) is 0 Å². The minimum Gasteiger partial charge on any atom is -0.456 e. The van der Waals surface area contributed by atoms with Gasteiger partial charge in [0, 0.05) is 76.5 Å². The molecule has 0 saturated heterocycles. The second kappa shape index (κ2) is 11.2. The predicted molar refractivity (Wildman–Crippen MR) is 218 cm³/mol. The van der Waals surface area contributed by atoms with E-state index < -0.39 is 0 Å². The Morgan fingerprint density at radius 1 is 0.442 bits per heavy atom. The molecule has 0 unspecified atom stereocenters. The number of hydrogen-bond donors (Lipinski definition) is 0. The third-order valence-corrected chi connectivity index (χ3v) is 11.6. The van der Waals surface area contributed by atoms with Gasteiger partial charge in [-0.2, -0.15) is 0 Å². The molecule has 0 bridgehead atoms. The maximum atomic E-state index is 6.46. The molecule has 7 aromatic carbocycles. The number of furan rings is 1. The molecule has 11 aromatic rings. The standard InChI is InChI=1S/C47H29N3OS/c1-50-39-16-7-5-14-33(39)35-26-32(18-20-40(35)50)47-48-37(30-13-9-12-29(24-30)28-10-3-2-4-11-28)27-38(49-47)31-19-21-41-36(25-31)45-42(51-41)22-23-44-46(45)34-15-6-8-17-43(34)52-44/h2-27H,1H3. The summed E-state index contributed by atoms with van der Waals surface area (Å²) >= 11 is 1.83. The molecule has 0 fully saturated rings. The van der Waals surface area contributed by atoms with E-state index in [1.54, 1.807) is 0 Å². The average Bonchev–Trinajstić information content (AvgIpc) is 3.87. The summed E-state index contributed by atoms with van der Waals surface area (Å²) in [6.07, 6.45) is 0. The van der Waals surface area contributed by atoms with Crippen molar-refractivity contribution in [2.45, 2.75) is 0 Å². The van der Waals surface area contributed by atoms with E-state index in [0.29, 0.717) is 5.82 Å². The number of aryl methyl sites for hydroxylation is 1. The molecule has 4 aromatic heterocycles. The molecular weight excluding hydrogens is 655 g/mol. The Labute approximate surface area is 302 Å². The van der Waals surface area contributed by atoms with Crippen LogP contribution in [0.1, 0.15) is 0 Å². The topological polar surface area (TPSA) is 43.9 Å². The molecule has 52 heavy (non-hydrogen) atoms. The van der Waals surface area contributed by atoms with Gasteiger partial charge in [-0.25, -0.2) is 9.97 Å². The Kier molecular flexibility index (Phi) is 6.30. The van der Waals surface area contributed by atoms with Crippen LogP contribution in [0.5, 0.6) is 0 Å². The van der Waals surface area contributed by atoms with E-state index in [4.69, 9.17) is 14.4 Å². The molecule has 4 heterocycles. The lowest BCUT2D eigenvalue weighted by Gasteiger charge is -2.11. The molecule has 5 heteroatoms. The van der Waals surface area contributed by atoms with Crippen molar-refractivity contribution in [3.8, 4) is 45.0 Å². The van der Waals surface area contributed by atoms with Crippen LogP contribution in [0.25, 0.3) is 109 Å². The van der Waals surface area contributed by atoms with Crippen molar-refractivity contribution in [2.75, 3.05) is 0 Å². The van der Waals surface area contributed by atoms with Gasteiger partial charge >= 0.3 is 0 Å². The lowest BCUT2D eigenvalue weighted by atomic mass is 9.99. The quantitative estimate of drug-likeness (QED) is 0.185. The molecule has 0 spiro atoms. The minimum absolute atomic E-state index is 0.691. The van der Waals surface area contributed by atoms with Gasteiger partial charge in [-0.3, -0.25) is 0 Å². The van der Waals surface area contributed by atoms with Crippen LogP contribution in [0.2, 0.25) is 0 Å². The van der Waals surface area contributed by atoms with E-state index in [2.05, 4.69) is 169 Å². The number of benzene rings is 7. The molecule has 0 aliphatic heterocycles. The summed E-state index contributed by atoms with van der Waals surface area (Å²) in [7, 11) is 2.13. The first-order valence-electron chi connectivity index (χ1n) is 17.5. The zero-order valence-electron chi connectivity index (χ0n) is 28.2. The van der Waals surface area contributed by atoms with Crippen LogP contribution in [0.3, 0.4) is 0 Å². The molecule has 244 valence electrons. The van der Waals surface area contributed by atoms with Crippen LogP contribution in [0.4, 0.5) is 0 Å². The van der Waals surface area contributed by atoms with E-state index >= 15 is 0 Å². The number of nitrogens with zero attached hydrogens (tertiary/aromatic N) is 3. The summed E-state index contributed by atoms with van der Waals surface area (Å²) in [5.41, 5.74) is 11.2. The number of fused-ring (bicyclic) bond motifs is 10. The molecule has 4 nitrogen and oxygen atoms in total. The van der Waals surface area contributed by atoms with Gasteiger partial charge < -0.3 is 8.98 Å². The summed E-state index contributed by atoms with van der Waals surface area (Å²) in [6, 6.07) is 55.8. The molecule has 0 aliphatic carbocycles. The Bertz CT molecular complexity index is 3200. The van der Waals surface area contributed by atoms with Gasteiger partial charge in [-0.05, 0) is 83.9 Å². The molecule has 0 radical (unpaired) electrons. The Morgan fingerprint density at radius 3 is 2.00 bits per heavy atom. The fourth-order valence-corrected chi connectivity index (χ4v) is 9.02. The largest absolute Gasteiger partial charge is 0.456 e. The molecule has 0 amide bonds. The maximum Gasteiger partial charge on any atom is 0.160 e. The third-order valence-electron chi connectivity index (χ3n) is 10.4. The molecular formula is C47H29N3OS. The van der Waals surface area contributed by atoms with Crippen LogP contribution >= 0.6 is 11.3 Å². The first kappa shape index (κ1) is 29.2. The van der Waals surface area contributed by atoms with E-state index in [1.165, 1.54) is 47.5 Å². The number of rotatable bonds is 4. The van der Waals surface area contributed by atoms with Crippen molar-refractivity contribution in [2.24, 2.45) is 7.05 Å². The molecule has 0 saturated carbocycles. The Hall–Kier alpha value is -6.56. The third kappa shape index (κ3) is 4.46. The van der Waals surface area contributed by atoms with Crippen molar-refractivity contribution in [1.82, 2.24) is 14.5 Å². The van der Waals surface area contributed by atoms with E-state index in [0.717, 1.165) is 55.6 Å². The monoisotopic (exact) mass is 683 g/mol. The summed E-state index contributed by atoms with van der Waals surface area (Å²) in [5, 5.41) is 7.16. The maximum absolute atomic E-state index is 6.46. The van der Waals surface area contributed by atoms with Gasteiger partial charge in [-0.1, -0.05) is 84.9 Å². The number of thiophene rings is 1. The van der Waals surface area contributed by atoms with E-state index in [9.17, 15) is 0 Å².